The second-order valence-electron chi connectivity index (χ2n) is 3.28. The van der Waals surface area contributed by atoms with E-state index in [9.17, 15) is 9.59 Å². The highest BCUT2D eigenvalue weighted by molar-refractivity contribution is 5.87. The van der Waals surface area contributed by atoms with E-state index in [1.165, 1.54) is 0 Å². The van der Waals surface area contributed by atoms with Crippen LogP contribution >= 0.6 is 0 Å². The predicted molar refractivity (Wildman–Crippen MR) is 60.6 cm³/mol. The van der Waals surface area contributed by atoms with E-state index in [1.807, 2.05) is 0 Å². The molecule has 2 N–H and O–H groups in total. The highest BCUT2D eigenvalue weighted by Crippen LogP contribution is 2.10. The number of carbonyl (C=O) groups is 1. The van der Waals surface area contributed by atoms with E-state index >= 15 is 0 Å². The second kappa shape index (κ2) is 4.65. The van der Waals surface area contributed by atoms with E-state index in [2.05, 4.69) is 15.0 Å². The molecule has 0 spiro atoms. The van der Waals surface area contributed by atoms with Crippen LogP contribution in [0.2, 0.25) is 0 Å². The van der Waals surface area contributed by atoms with Crippen LogP contribution in [0.15, 0.2) is 29.2 Å². The second-order valence-corrected chi connectivity index (χ2v) is 3.28. The minimum atomic E-state index is -0.605. The molecule has 0 atom stereocenters. The third-order valence-electron chi connectivity index (χ3n) is 2.08. The largest absolute Gasteiger partial charge is 0.461 e. The molecule has 6 heteroatoms. The van der Waals surface area contributed by atoms with Gasteiger partial charge in [0.15, 0.2) is 11.5 Å². The molecule has 2 aromatic rings. The summed E-state index contributed by atoms with van der Waals surface area (Å²) in [5, 5.41) is 0. The maximum Gasteiger partial charge on any atom is 0.357 e. The number of hydrogen-bond acceptors (Lipinski definition) is 4. The molecule has 0 saturated heterocycles. The third-order valence-corrected chi connectivity index (χ3v) is 2.08. The van der Waals surface area contributed by atoms with Crippen LogP contribution in [0.25, 0.3) is 11.5 Å². The summed E-state index contributed by atoms with van der Waals surface area (Å²) in [6.45, 7) is 1.93. The Balaban J connectivity index is 2.43. The lowest BCUT2D eigenvalue weighted by atomic mass is 10.3. The molecule has 0 bridgehead atoms. The molecule has 0 aliphatic rings. The Bertz CT molecular complexity index is 572. The Kier molecular flexibility index (Phi) is 3.04. The Morgan fingerprint density at radius 2 is 2.35 bits per heavy atom. The van der Waals surface area contributed by atoms with Gasteiger partial charge >= 0.3 is 5.97 Å². The molecule has 0 fully saturated rings. The van der Waals surface area contributed by atoms with Crippen LogP contribution in [0.4, 0.5) is 0 Å². The number of aromatic amines is 2. The number of hydrogen-bond donors (Lipinski definition) is 2. The molecule has 0 aliphatic heterocycles. The number of ether oxygens (including phenoxy) is 1. The third kappa shape index (κ3) is 2.41. The molecule has 0 radical (unpaired) electrons. The molecular formula is C11H11N3O3. The van der Waals surface area contributed by atoms with Crippen molar-refractivity contribution in [2.24, 2.45) is 0 Å². The molecule has 2 heterocycles. The zero-order chi connectivity index (χ0) is 12.3. The summed E-state index contributed by atoms with van der Waals surface area (Å²) in [4.78, 5) is 32.3. The zero-order valence-corrected chi connectivity index (χ0v) is 9.19. The van der Waals surface area contributed by atoms with Crippen LogP contribution < -0.4 is 5.56 Å². The topological polar surface area (TPSA) is 87.8 Å². The van der Waals surface area contributed by atoms with Gasteiger partial charge in [0.1, 0.15) is 0 Å². The van der Waals surface area contributed by atoms with Crippen molar-refractivity contribution >= 4 is 5.97 Å². The van der Waals surface area contributed by atoms with Crippen molar-refractivity contribution in [2.45, 2.75) is 6.92 Å². The lowest BCUT2D eigenvalue weighted by Gasteiger charge is -2.02. The van der Waals surface area contributed by atoms with Gasteiger partial charge in [-0.05, 0) is 19.1 Å². The first-order valence-electron chi connectivity index (χ1n) is 5.13. The predicted octanol–water partition coefficient (Wildman–Crippen LogP) is 0.942. The lowest BCUT2D eigenvalue weighted by Crippen LogP contribution is -2.15. The Hall–Kier alpha value is -2.37. The normalized spacial score (nSPS) is 10.2. The first-order valence-corrected chi connectivity index (χ1v) is 5.13. The van der Waals surface area contributed by atoms with Gasteiger partial charge in [0.25, 0.3) is 5.56 Å². The van der Waals surface area contributed by atoms with Gasteiger partial charge in [-0.1, -0.05) is 0 Å². The summed E-state index contributed by atoms with van der Waals surface area (Å²) in [6.07, 6.45) is 1.70. The minimum absolute atomic E-state index is 0.000185. The summed E-state index contributed by atoms with van der Waals surface area (Å²) in [5.41, 5.74) is 0.237. The molecule has 0 aromatic carbocycles. The fraction of sp³-hybridized carbons (Fsp3) is 0.182. The van der Waals surface area contributed by atoms with Gasteiger partial charge in [-0.15, -0.1) is 0 Å². The summed E-state index contributed by atoms with van der Waals surface area (Å²) >= 11 is 0. The van der Waals surface area contributed by atoms with Gasteiger partial charge in [-0.3, -0.25) is 4.79 Å². The van der Waals surface area contributed by atoms with Crippen LogP contribution in [0.3, 0.4) is 0 Å². The van der Waals surface area contributed by atoms with Gasteiger partial charge in [-0.25, -0.2) is 9.78 Å². The van der Waals surface area contributed by atoms with E-state index in [4.69, 9.17) is 4.74 Å². The summed E-state index contributed by atoms with van der Waals surface area (Å²) in [5.74, 6) is -0.294. The molecule has 0 aliphatic carbocycles. The van der Waals surface area contributed by atoms with Crippen LogP contribution in [0.5, 0.6) is 0 Å². The molecule has 88 valence electrons. The van der Waals surface area contributed by atoms with Crippen molar-refractivity contribution in [1.29, 1.82) is 0 Å². The maximum absolute atomic E-state index is 11.5. The fourth-order valence-corrected chi connectivity index (χ4v) is 1.37. The van der Waals surface area contributed by atoms with E-state index in [0.717, 1.165) is 6.07 Å². The highest BCUT2D eigenvalue weighted by atomic mass is 16.5. The molecule has 2 rings (SSSR count). The van der Waals surface area contributed by atoms with Gasteiger partial charge in [0, 0.05) is 12.3 Å². The number of nitrogens with one attached hydrogen (secondary N) is 2. The number of H-pyrrole nitrogens is 2. The van der Waals surface area contributed by atoms with Gasteiger partial charge in [0.05, 0.1) is 12.3 Å². The van der Waals surface area contributed by atoms with Crippen molar-refractivity contribution in [2.75, 3.05) is 6.61 Å². The van der Waals surface area contributed by atoms with E-state index < -0.39 is 11.5 Å². The average molecular weight is 233 g/mol. The van der Waals surface area contributed by atoms with E-state index in [-0.39, 0.29) is 12.3 Å². The van der Waals surface area contributed by atoms with Gasteiger partial charge < -0.3 is 14.7 Å². The number of nitrogens with zero attached hydrogens (tertiary/aromatic N) is 1. The van der Waals surface area contributed by atoms with Crippen LogP contribution in [-0.4, -0.2) is 27.5 Å². The van der Waals surface area contributed by atoms with Crippen molar-refractivity contribution in [3.05, 3.63) is 40.4 Å². The minimum Gasteiger partial charge on any atom is -0.461 e. The zero-order valence-electron chi connectivity index (χ0n) is 9.19. The van der Waals surface area contributed by atoms with Crippen LogP contribution in [0.1, 0.15) is 17.4 Å². The van der Waals surface area contributed by atoms with Crippen molar-refractivity contribution < 1.29 is 9.53 Å². The maximum atomic E-state index is 11.5. The van der Waals surface area contributed by atoms with E-state index in [0.29, 0.717) is 11.5 Å². The molecular weight excluding hydrogens is 222 g/mol. The quantitative estimate of drug-likeness (QED) is 0.772. The lowest BCUT2D eigenvalue weighted by molar-refractivity contribution is 0.0519. The molecule has 0 amide bonds. The van der Waals surface area contributed by atoms with Crippen molar-refractivity contribution in [1.82, 2.24) is 15.0 Å². The van der Waals surface area contributed by atoms with Gasteiger partial charge in [0.2, 0.25) is 0 Å². The highest BCUT2D eigenvalue weighted by Gasteiger charge is 2.12. The molecule has 0 saturated carbocycles. The Labute approximate surface area is 96.7 Å². The Morgan fingerprint density at radius 3 is 3.00 bits per heavy atom. The SMILES string of the molecule is CCOC(=O)c1cc(=O)[nH]c(-c2ccc[nH]2)n1. The summed E-state index contributed by atoms with van der Waals surface area (Å²) in [6, 6.07) is 4.63. The van der Waals surface area contributed by atoms with E-state index in [1.54, 1.807) is 25.3 Å². The fourth-order valence-electron chi connectivity index (χ4n) is 1.37. The molecule has 17 heavy (non-hydrogen) atoms. The van der Waals surface area contributed by atoms with Crippen molar-refractivity contribution in [3.63, 3.8) is 0 Å². The number of aromatic nitrogens is 3. The molecule has 6 nitrogen and oxygen atoms in total. The average Bonchev–Trinajstić information content (AvgIpc) is 2.82. The van der Waals surface area contributed by atoms with Crippen LogP contribution in [-0.2, 0) is 4.74 Å². The number of esters is 1. The first kappa shape index (κ1) is 11.1. The summed E-state index contributed by atoms with van der Waals surface area (Å²) < 4.78 is 4.79. The van der Waals surface area contributed by atoms with Crippen LogP contribution in [0, 0.1) is 0 Å². The molecule has 2 aromatic heterocycles. The smallest absolute Gasteiger partial charge is 0.357 e. The van der Waals surface area contributed by atoms with Gasteiger partial charge in [-0.2, -0.15) is 0 Å². The molecule has 0 unspecified atom stereocenters. The number of carbonyl (C=O) groups excluding carboxylic acids is 1. The monoisotopic (exact) mass is 233 g/mol. The van der Waals surface area contributed by atoms with Crippen molar-refractivity contribution in [3.8, 4) is 11.5 Å². The summed E-state index contributed by atoms with van der Waals surface area (Å²) in [7, 11) is 0. The Morgan fingerprint density at radius 1 is 1.53 bits per heavy atom. The standard InChI is InChI=1S/C11H11N3O3/c1-2-17-11(16)8-6-9(15)14-10(13-8)7-4-3-5-12-7/h3-6,12H,2H2,1H3,(H,13,14,15). The first-order chi connectivity index (χ1) is 8.20. The number of rotatable bonds is 3.